The highest BCUT2D eigenvalue weighted by Crippen LogP contribution is 2.59. The van der Waals surface area contributed by atoms with E-state index in [0.717, 1.165) is 4.90 Å². The molecule has 1 heterocycles. The van der Waals surface area contributed by atoms with Crippen LogP contribution in [0.2, 0.25) is 0 Å². The van der Waals surface area contributed by atoms with Gasteiger partial charge < -0.3 is 9.80 Å². The number of carbonyl (C=O) groups is 2. The molecule has 1 aliphatic heterocycles. The van der Waals surface area contributed by atoms with E-state index in [1.807, 2.05) is 0 Å². The van der Waals surface area contributed by atoms with Gasteiger partial charge in [0, 0.05) is 20.1 Å². The lowest BCUT2D eigenvalue weighted by Crippen LogP contribution is -2.61. The number of nitrogens with zero attached hydrogens (tertiary/aromatic N) is 2. The fraction of sp³-hybridized carbons (Fsp3) is 0.846. The Balaban J connectivity index is 2.27. The molecule has 1 saturated heterocycles. The Morgan fingerprint density at radius 2 is 1.85 bits per heavy atom. The first-order chi connectivity index (χ1) is 9.12. The molecule has 2 fully saturated rings. The van der Waals surface area contributed by atoms with Crippen molar-refractivity contribution in [2.75, 3.05) is 20.1 Å². The molecular weight excluding hydrogens is 273 g/mol. The van der Waals surface area contributed by atoms with Crippen LogP contribution < -0.4 is 0 Å². The van der Waals surface area contributed by atoms with E-state index >= 15 is 0 Å². The quantitative estimate of drug-likeness (QED) is 0.776. The molecule has 0 bridgehead atoms. The molecule has 0 aromatic carbocycles. The van der Waals surface area contributed by atoms with Gasteiger partial charge in [-0.25, -0.2) is 0 Å². The van der Waals surface area contributed by atoms with Crippen molar-refractivity contribution in [3.8, 4) is 0 Å². The van der Waals surface area contributed by atoms with E-state index in [9.17, 15) is 22.8 Å². The fourth-order valence-electron chi connectivity index (χ4n) is 2.76. The summed E-state index contributed by atoms with van der Waals surface area (Å²) in [6, 6.07) is -0.791. The second-order valence-electron chi connectivity index (χ2n) is 6.03. The SMILES string of the molecule is CC(C)C1C(=O)N(C)CCN1C(=O)C1(C(F)(F)F)CC1. The van der Waals surface area contributed by atoms with Gasteiger partial charge in [-0.3, -0.25) is 9.59 Å². The Kier molecular flexibility index (Phi) is 3.50. The molecule has 0 spiro atoms. The van der Waals surface area contributed by atoms with Crippen molar-refractivity contribution in [3.05, 3.63) is 0 Å². The van der Waals surface area contributed by atoms with Gasteiger partial charge in [0.05, 0.1) is 0 Å². The molecular formula is C13H19F3N2O2. The Morgan fingerprint density at radius 1 is 1.30 bits per heavy atom. The van der Waals surface area contributed by atoms with Crippen LogP contribution in [0, 0.1) is 11.3 Å². The van der Waals surface area contributed by atoms with E-state index in [-0.39, 0.29) is 37.8 Å². The molecule has 2 aliphatic rings. The maximum absolute atomic E-state index is 13.1. The number of hydrogen-bond acceptors (Lipinski definition) is 2. The van der Waals surface area contributed by atoms with Crippen LogP contribution in [0.25, 0.3) is 0 Å². The second kappa shape index (κ2) is 4.63. The van der Waals surface area contributed by atoms with E-state index in [0.29, 0.717) is 0 Å². The van der Waals surface area contributed by atoms with Crippen LogP contribution in [-0.4, -0.2) is 54.0 Å². The lowest BCUT2D eigenvalue weighted by molar-refractivity contribution is -0.202. The summed E-state index contributed by atoms with van der Waals surface area (Å²) in [6.07, 6.45) is -4.86. The van der Waals surface area contributed by atoms with E-state index in [1.165, 1.54) is 4.90 Å². The first-order valence-electron chi connectivity index (χ1n) is 6.74. The summed E-state index contributed by atoms with van der Waals surface area (Å²) < 4.78 is 39.2. The van der Waals surface area contributed by atoms with Gasteiger partial charge in [0.2, 0.25) is 11.8 Å². The molecule has 1 atom stereocenters. The summed E-state index contributed by atoms with van der Waals surface area (Å²) in [7, 11) is 1.61. The Bertz CT molecular complexity index is 430. The van der Waals surface area contributed by atoms with Crippen LogP contribution in [0.3, 0.4) is 0 Å². The average Bonchev–Trinajstić information content (AvgIpc) is 3.11. The lowest BCUT2D eigenvalue weighted by atomic mass is 9.95. The van der Waals surface area contributed by atoms with Crippen LogP contribution in [0.1, 0.15) is 26.7 Å². The highest BCUT2D eigenvalue weighted by Gasteiger charge is 2.70. The van der Waals surface area contributed by atoms with Gasteiger partial charge in [-0.15, -0.1) is 0 Å². The number of likely N-dealkylation sites (N-methyl/N-ethyl adjacent to an activating group) is 1. The normalized spacial score (nSPS) is 26.1. The Hall–Kier alpha value is -1.27. The largest absolute Gasteiger partial charge is 0.403 e. The number of rotatable bonds is 2. The Morgan fingerprint density at radius 3 is 2.25 bits per heavy atom. The van der Waals surface area contributed by atoms with Gasteiger partial charge in [-0.1, -0.05) is 13.8 Å². The third kappa shape index (κ3) is 2.16. The Labute approximate surface area is 115 Å². The van der Waals surface area contributed by atoms with Gasteiger partial charge in [0.1, 0.15) is 11.5 Å². The van der Waals surface area contributed by atoms with Gasteiger partial charge in [-0.05, 0) is 18.8 Å². The van der Waals surface area contributed by atoms with Gasteiger partial charge in [0.25, 0.3) is 0 Å². The zero-order chi connectivity index (χ0) is 15.3. The molecule has 0 aromatic rings. The van der Waals surface area contributed by atoms with Gasteiger partial charge in [-0.2, -0.15) is 13.2 Å². The predicted molar refractivity (Wildman–Crippen MR) is 65.7 cm³/mol. The molecule has 4 nitrogen and oxygen atoms in total. The number of halogens is 3. The summed E-state index contributed by atoms with van der Waals surface area (Å²) >= 11 is 0. The molecule has 2 rings (SSSR count). The number of amides is 2. The molecule has 1 unspecified atom stereocenters. The number of piperazine rings is 1. The molecule has 1 aliphatic carbocycles. The van der Waals surface area contributed by atoms with Crippen molar-refractivity contribution < 1.29 is 22.8 Å². The topological polar surface area (TPSA) is 40.6 Å². The lowest BCUT2D eigenvalue weighted by Gasteiger charge is -2.42. The molecule has 0 N–H and O–H groups in total. The van der Waals surface area contributed by atoms with Crippen molar-refractivity contribution in [2.45, 2.75) is 38.9 Å². The number of hydrogen-bond donors (Lipinski definition) is 0. The summed E-state index contributed by atoms with van der Waals surface area (Å²) in [5.74, 6) is -1.42. The first kappa shape index (κ1) is 15.1. The fourth-order valence-corrected chi connectivity index (χ4v) is 2.76. The average molecular weight is 292 g/mol. The maximum atomic E-state index is 13.1. The van der Waals surface area contributed by atoms with Crippen molar-refractivity contribution in [2.24, 2.45) is 11.3 Å². The smallest absolute Gasteiger partial charge is 0.342 e. The molecule has 2 amide bonds. The summed E-state index contributed by atoms with van der Waals surface area (Å²) in [5, 5.41) is 0. The van der Waals surface area contributed by atoms with Crippen LogP contribution in [0.4, 0.5) is 13.2 Å². The summed E-state index contributed by atoms with van der Waals surface area (Å²) in [4.78, 5) is 27.1. The minimum Gasteiger partial charge on any atom is -0.342 e. The van der Waals surface area contributed by atoms with Crippen molar-refractivity contribution in [1.82, 2.24) is 9.80 Å². The highest BCUT2D eigenvalue weighted by atomic mass is 19.4. The van der Waals surface area contributed by atoms with E-state index in [4.69, 9.17) is 0 Å². The summed E-state index contributed by atoms with van der Waals surface area (Å²) in [6.45, 7) is 3.94. The molecule has 0 aromatic heterocycles. The first-order valence-corrected chi connectivity index (χ1v) is 6.74. The third-order valence-corrected chi connectivity index (χ3v) is 4.24. The molecule has 1 saturated carbocycles. The van der Waals surface area contributed by atoms with Gasteiger partial charge >= 0.3 is 6.18 Å². The van der Waals surface area contributed by atoms with Crippen LogP contribution >= 0.6 is 0 Å². The summed E-state index contributed by atoms with van der Waals surface area (Å²) in [5.41, 5.74) is -2.24. The molecule has 7 heteroatoms. The second-order valence-corrected chi connectivity index (χ2v) is 6.03. The monoisotopic (exact) mass is 292 g/mol. The van der Waals surface area contributed by atoms with E-state index in [1.54, 1.807) is 20.9 Å². The van der Waals surface area contributed by atoms with Crippen molar-refractivity contribution >= 4 is 11.8 Å². The van der Waals surface area contributed by atoms with Crippen molar-refractivity contribution in [3.63, 3.8) is 0 Å². The van der Waals surface area contributed by atoms with E-state index < -0.39 is 23.5 Å². The zero-order valence-electron chi connectivity index (χ0n) is 11.8. The van der Waals surface area contributed by atoms with Crippen LogP contribution in [0.5, 0.6) is 0 Å². The number of alkyl halides is 3. The minimum absolute atomic E-state index is 0.166. The maximum Gasteiger partial charge on any atom is 0.403 e. The molecule has 0 radical (unpaired) electrons. The van der Waals surface area contributed by atoms with Crippen molar-refractivity contribution in [1.29, 1.82) is 0 Å². The zero-order valence-corrected chi connectivity index (χ0v) is 11.8. The van der Waals surface area contributed by atoms with E-state index in [2.05, 4.69) is 0 Å². The molecule has 20 heavy (non-hydrogen) atoms. The van der Waals surface area contributed by atoms with Crippen LogP contribution in [0.15, 0.2) is 0 Å². The standard InChI is InChI=1S/C13H19F3N2O2/c1-8(2)9-10(19)17(3)6-7-18(9)11(20)12(4-5-12)13(14,15)16/h8-9H,4-7H2,1-3H3. The predicted octanol–water partition coefficient (Wildman–Crippen LogP) is 1.65. The molecule has 114 valence electrons. The minimum atomic E-state index is -4.53. The van der Waals surface area contributed by atoms with Crippen LogP contribution in [-0.2, 0) is 9.59 Å². The highest BCUT2D eigenvalue weighted by molar-refractivity contribution is 5.93. The third-order valence-electron chi connectivity index (χ3n) is 4.24. The number of carbonyl (C=O) groups excluding carboxylic acids is 2. The van der Waals surface area contributed by atoms with Gasteiger partial charge in [0.15, 0.2) is 0 Å².